The average molecular weight is 512 g/mol. The predicted molar refractivity (Wildman–Crippen MR) is 138 cm³/mol. The first-order valence-corrected chi connectivity index (χ1v) is 13.6. The molecule has 9 nitrogen and oxygen atoms in total. The molecule has 3 aromatic rings. The molecular formula is C26H33N5O4S. The van der Waals surface area contributed by atoms with E-state index >= 15 is 0 Å². The highest BCUT2D eigenvalue weighted by atomic mass is 32.2. The van der Waals surface area contributed by atoms with Crippen LogP contribution in [0, 0.1) is 0 Å². The molecule has 1 heterocycles. The number of nitrogens with zero attached hydrogens (tertiary/aromatic N) is 1. The van der Waals surface area contributed by atoms with Crippen molar-refractivity contribution in [3.8, 4) is 5.75 Å². The van der Waals surface area contributed by atoms with Crippen molar-refractivity contribution in [1.29, 1.82) is 0 Å². The number of carbonyl (C=O) groups is 1. The molecule has 0 spiro atoms. The number of ether oxygens (including phenoxy) is 1. The second kappa shape index (κ2) is 11.7. The van der Waals surface area contributed by atoms with Gasteiger partial charge in [0.25, 0.3) is 16.1 Å². The molecule has 1 aromatic heterocycles. The molecule has 10 heteroatoms. The van der Waals surface area contributed by atoms with Crippen molar-refractivity contribution in [1.82, 2.24) is 24.7 Å². The highest BCUT2D eigenvalue weighted by Crippen LogP contribution is 2.39. The van der Waals surface area contributed by atoms with Crippen LogP contribution in [0.25, 0.3) is 0 Å². The van der Waals surface area contributed by atoms with E-state index in [0.717, 1.165) is 24.1 Å². The van der Waals surface area contributed by atoms with Gasteiger partial charge < -0.3 is 15.0 Å². The first kappa shape index (κ1) is 25.9. The van der Waals surface area contributed by atoms with Crippen LogP contribution in [0.2, 0.25) is 0 Å². The van der Waals surface area contributed by atoms with Gasteiger partial charge in [-0.25, -0.2) is 9.71 Å². The minimum Gasteiger partial charge on any atom is -0.496 e. The van der Waals surface area contributed by atoms with E-state index in [4.69, 9.17) is 4.74 Å². The number of nitrogens with one attached hydrogen (secondary N) is 4. The van der Waals surface area contributed by atoms with E-state index in [-0.39, 0.29) is 23.9 Å². The zero-order valence-electron chi connectivity index (χ0n) is 20.4. The standard InChI is InChI=1S/C26H33N5O4S/c1-35-24-10-6-5-9-23(24)25(32)28-18-26(20-7-3-2-4-8-20)14-11-21(12-15-26)31-36(33,34)30-16-13-22-17-27-19-29-22/h2-10,17,19,21,30-31H,11-16,18H2,1H3,(H,27,29)(H,28,32). The van der Waals surface area contributed by atoms with Crippen molar-refractivity contribution in [3.05, 3.63) is 83.9 Å². The number of amides is 1. The Hall–Kier alpha value is -3.21. The van der Waals surface area contributed by atoms with Gasteiger partial charge in [0.1, 0.15) is 5.75 Å². The summed E-state index contributed by atoms with van der Waals surface area (Å²) < 4.78 is 35.9. The molecule has 0 unspecified atom stereocenters. The molecule has 0 bridgehead atoms. The lowest BCUT2D eigenvalue weighted by Crippen LogP contribution is -2.49. The van der Waals surface area contributed by atoms with E-state index < -0.39 is 10.2 Å². The molecule has 0 atom stereocenters. The molecule has 1 aliphatic carbocycles. The number of aromatic nitrogens is 2. The number of H-pyrrole nitrogens is 1. The summed E-state index contributed by atoms with van der Waals surface area (Å²) in [6, 6.07) is 17.1. The summed E-state index contributed by atoms with van der Waals surface area (Å²) in [4.78, 5) is 19.9. The fourth-order valence-corrected chi connectivity index (χ4v) is 5.96. The van der Waals surface area contributed by atoms with Crippen LogP contribution in [0.1, 0.15) is 47.3 Å². The van der Waals surface area contributed by atoms with Crippen molar-refractivity contribution in [3.63, 3.8) is 0 Å². The Morgan fingerprint density at radius 2 is 1.83 bits per heavy atom. The maximum Gasteiger partial charge on any atom is 0.277 e. The van der Waals surface area contributed by atoms with Gasteiger partial charge in [0.15, 0.2) is 0 Å². The topological polar surface area (TPSA) is 125 Å². The molecular weight excluding hydrogens is 478 g/mol. The third kappa shape index (κ3) is 6.51. The van der Waals surface area contributed by atoms with E-state index in [1.807, 2.05) is 30.3 Å². The number of para-hydroxylation sites is 1. The summed E-state index contributed by atoms with van der Waals surface area (Å²) >= 11 is 0. The molecule has 1 fully saturated rings. The number of methoxy groups -OCH3 is 1. The molecule has 1 aliphatic rings. The van der Waals surface area contributed by atoms with E-state index in [9.17, 15) is 13.2 Å². The van der Waals surface area contributed by atoms with E-state index in [2.05, 4.69) is 36.9 Å². The van der Waals surface area contributed by atoms with Crippen molar-refractivity contribution >= 4 is 16.1 Å². The highest BCUT2D eigenvalue weighted by Gasteiger charge is 2.38. The van der Waals surface area contributed by atoms with E-state index in [1.165, 1.54) is 0 Å². The lowest BCUT2D eigenvalue weighted by molar-refractivity contribution is 0.0932. The molecule has 0 aliphatic heterocycles. The van der Waals surface area contributed by atoms with Crippen LogP contribution in [0.15, 0.2) is 67.1 Å². The van der Waals surface area contributed by atoms with Gasteiger partial charge in [-0.05, 0) is 43.4 Å². The SMILES string of the molecule is COc1ccccc1C(=O)NCC1(c2ccccc2)CCC(NS(=O)(=O)NCCc2cnc[nH]2)CC1. The minimum absolute atomic E-state index is 0.170. The summed E-state index contributed by atoms with van der Waals surface area (Å²) in [7, 11) is -2.08. The Bertz CT molecular complexity index is 1220. The van der Waals surface area contributed by atoms with Crippen LogP contribution >= 0.6 is 0 Å². The summed E-state index contributed by atoms with van der Waals surface area (Å²) in [6.45, 7) is 0.739. The normalized spacial score (nSPS) is 20.1. The van der Waals surface area contributed by atoms with Crippen LogP contribution in [0.4, 0.5) is 0 Å². The highest BCUT2D eigenvalue weighted by molar-refractivity contribution is 7.87. The molecule has 0 radical (unpaired) electrons. The second-order valence-corrected chi connectivity index (χ2v) is 10.7. The number of rotatable bonds is 11. The molecule has 36 heavy (non-hydrogen) atoms. The van der Waals surface area contributed by atoms with Crippen LogP contribution < -0.4 is 19.5 Å². The Morgan fingerprint density at radius 1 is 1.11 bits per heavy atom. The molecule has 192 valence electrons. The average Bonchev–Trinajstić information content (AvgIpc) is 3.42. The lowest BCUT2D eigenvalue weighted by atomic mass is 9.68. The van der Waals surface area contributed by atoms with Gasteiger partial charge >= 0.3 is 0 Å². The summed E-state index contributed by atoms with van der Waals surface area (Å²) in [5, 5.41) is 3.11. The van der Waals surface area contributed by atoms with Crippen LogP contribution in [-0.2, 0) is 22.0 Å². The van der Waals surface area contributed by atoms with Crippen molar-refractivity contribution in [2.24, 2.45) is 0 Å². The molecule has 4 N–H and O–H groups in total. The number of benzene rings is 2. The maximum absolute atomic E-state index is 13.0. The minimum atomic E-state index is -3.62. The Morgan fingerprint density at radius 3 is 2.53 bits per heavy atom. The van der Waals surface area contributed by atoms with Crippen LogP contribution in [0.5, 0.6) is 5.75 Å². The quantitative estimate of drug-likeness (QED) is 0.315. The number of carbonyl (C=O) groups excluding carboxylic acids is 1. The van der Waals surface area contributed by atoms with Gasteiger partial charge in [0, 0.05) is 42.9 Å². The molecule has 0 saturated heterocycles. The van der Waals surface area contributed by atoms with E-state index in [0.29, 0.717) is 37.1 Å². The van der Waals surface area contributed by atoms with Crippen LogP contribution in [0.3, 0.4) is 0 Å². The first-order valence-electron chi connectivity index (χ1n) is 12.1. The maximum atomic E-state index is 13.0. The Labute approximate surface area is 212 Å². The molecule has 4 rings (SSSR count). The van der Waals surface area contributed by atoms with E-state index in [1.54, 1.807) is 31.8 Å². The first-order chi connectivity index (χ1) is 17.4. The van der Waals surface area contributed by atoms with Crippen molar-refractivity contribution in [2.75, 3.05) is 20.2 Å². The van der Waals surface area contributed by atoms with Gasteiger partial charge in [-0.15, -0.1) is 0 Å². The predicted octanol–water partition coefficient (Wildman–Crippen LogP) is 2.70. The van der Waals surface area contributed by atoms with Crippen molar-refractivity contribution < 1.29 is 17.9 Å². The number of imidazole rings is 1. The summed E-state index contributed by atoms with van der Waals surface area (Å²) in [5.74, 6) is 0.342. The Balaban J connectivity index is 1.38. The lowest BCUT2D eigenvalue weighted by Gasteiger charge is -2.41. The molecule has 1 saturated carbocycles. The second-order valence-electron chi connectivity index (χ2n) is 9.15. The number of aromatic amines is 1. The third-order valence-electron chi connectivity index (χ3n) is 6.83. The van der Waals surface area contributed by atoms with Gasteiger partial charge in [0.05, 0.1) is 19.0 Å². The summed E-state index contributed by atoms with van der Waals surface area (Å²) in [6.07, 6.45) is 6.60. The van der Waals surface area contributed by atoms with Crippen LogP contribution in [-0.4, -0.2) is 50.5 Å². The van der Waals surface area contributed by atoms with Gasteiger partial charge in [-0.3, -0.25) is 4.79 Å². The number of hydrogen-bond donors (Lipinski definition) is 4. The molecule has 2 aromatic carbocycles. The zero-order valence-corrected chi connectivity index (χ0v) is 21.2. The largest absolute Gasteiger partial charge is 0.496 e. The fraction of sp³-hybridized carbons (Fsp3) is 0.385. The van der Waals surface area contributed by atoms with Gasteiger partial charge in [-0.1, -0.05) is 42.5 Å². The smallest absolute Gasteiger partial charge is 0.277 e. The number of hydrogen-bond acceptors (Lipinski definition) is 5. The van der Waals surface area contributed by atoms with Crippen molar-refractivity contribution in [2.45, 2.75) is 43.6 Å². The third-order valence-corrected chi connectivity index (χ3v) is 8.06. The molecule has 1 amide bonds. The fourth-order valence-electron chi connectivity index (χ4n) is 4.83. The summed E-state index contributed by atoms with van der Waals surface area (Å²) in [5.41, 5.74) is 2.22. The van der Waals surface area contributed by atoms with Gasteiger partial charge in [0.2, 0.25) is 0 Å². The van der Waals surface area contributed by atoms with Gasteiger partial charge in [-0.2, -0.15) is 13.1 Å². The zero-order chi connectivity index (χ0) is 25.4. The monoisotopic (exact) mass is 511 g/mol. The Kier molecular flexibility index (Phi) is 8.40.